The van der Waals surface area contributed by atoms with E-state index in [1.165, 1.54) is 0 Å². The van der Waals surface area contributed by atoms with Crippen molar-refractivity contribution in [3.8, 4) is 17.1 Å². The normalized spacial score (nSPS) is 10.9. The van der Waals surface area contributed by atoms with E-state index in [1.807, 2.05) is 43.3 Å². The van der Waals surface area contributed by atoms with Gasteiger partial charge in [-0.1, -0.05) is 18.2 Å². The fourth-order valence-corrected chi connectivity index (χ4v) is 2.38. The molecule has 0 fully saturated rings. The van der Waals surface area contributed by atoms with Gasteiger partial charge in [-0.15, -0.1) is 0 Å². The molecule has 112 valence electrons. The number of phenolic OH excluding ortho intramolecular Hbond substituents is 1. The number of hydrogen-bond acceptors (Lipinski definition) is 5. The molecule has 0 radical (unpaired) electrons. The number of aliphatic hydroxyl groups excluding tert-OH is 1. The van der Waals surface area contributed by atoms with Gasteiger partial charge in [-0.2, -0.15) is 0 Å². The largest absolute Gasteiger partial charge is 0.507 e. The molecule has 3 aromatic rings. The van der Waals surface area contributed by atoms with Crippen molar-refractivity contribution in [3.05, 3.63) is 48.0 Å². The van der Waals surface area contributed by atoms with Gasteiger partial charge in [-0.3, -0.25) is 0 Å². The quantitative estimate of drug-likeness (QED) is 0.777. The van der Waals surface area contributed by atoms with E-state index >= 15 is 0 Å². The van der Waals surface area contributed by atoms with Crippen LogP contribution in [-0.2, 0) is 6.61 Å². The van der Waals surface area contributed by atoms with Crippen LogP contribution in [0.1, 0.15) is 5.56 Å². The molecule has 5 heteroatoms. The first-order chi connectivity index (χ1) is 10.6. The third-order valence-corrected chi connectivity index (χ3v) is 3.49. The molecule has 0 bridgehead atoms. The maximum Gasteiger partial charge on any atom is 0.165 e. The molecule has 0 saturated heterocycles. The van der Waals surface area contributed by atoms with Gasteiger partial charge in [-0.25, -0.2) is 9.97 Å². The lowest BCUT2D eigenvalue weighted by atomic mass is 10.1. The van der Waals surface area contributed by atoms with E-state index in [4.69, 9.17) is 0 Å². The van der Waals surface area contributed by atoms with Gasteiger partial charge in [0.25, 0.3) is 0 Å². The van der Waals surface area contributed by atoms with Crippen LogP contribution in [0.25, 0.3) is 22.3 Å². The molecule has 3 rings (SSSR count). The Hall–Kier alpha value is -2.66. The average Bonchev–Trinajstić information content (AvgIpc) is 2.53. The van der Waals surface area contributed by atoms with Crippen molar-refractivity contribution in [1.82, 2.24) is 9.97 Å². The van der Waals surface area contributed by atoms with E-state index < -0.39 is 0 Å². The van der Waals surface area contributed by atoms with Crippen molar-refractivity contribution in [2.45, 2.75) is 6.61 Å². The Labute approximate surface area is 128 Å². The smallest absolute Gasteiger partial charge is 0.165 e. The summed E-state index contributed by atoms with van der Waals surface area (Å²) in [5.41, 5.74) is 2.18. The third kappa shape index (κ3) is 2.46. The van der Waals surface area contributed by atoms with Crippen LogP contribution in [0, 0.1) is 0 Å². The van der Waals surface area contributed by atoms with Crippen LogP contribution in [0.4, 0.5) is 5.82 Å². The number of aromatic hydroxyl groups is 1. The fourth-order valence-electron chi connectivity index (χ4n) is 2.38. The lowest BCUT2D eigenvalue weighted by Gasteiger charge is -2.16. The summed E-state index contributed by atoms with van der Waals surface area (Å²) < 4.78 is 0. The van der Waals surface area contributed by atoms with Crippen molar-refractivity contribution in [3.63, 3.8) is 0 Å². The number of hydrogen-bond donors (Lipinski definition) is 2. The summed E-state index contributed by atoms with van der Waals surface area (Å²) in [6.45, 7) is -0.0238. The Morgan fingerprint density at radius 3 is 2.50 bits per heavy atom. The molecule has 0 atom stereocenters. The number of benzene rings is 2. The van der Waals surface area contributed by atoms with Crippen molar-refractivity contribution in [2.24, 2.45) is 0 Å². The van der Waals surface area contributed by atoms with Crippen LogP contribution in [0.3, 0.4) is 0 Å². The van der Waals surface area contributed by atoms with E-state index in [2.05, 4.69) is 9.97 Å². The summed E-state index contributed by atoms with van der Waals surface area (Å²) in [5.74, 6) is 1.38. The second-order valence-electron chi connectivity index (χ2n) is 5.29. The molecule has 22 heavy (non-hydrogen) atoms. The summed E-state index contributed by atoms with van der Waals surface area (Å²) in [6, 6.07) is 12.6. The molecule has 0 saturated carbocycles. The van der Waals surface area contributed by atoms with Gasteiger partial charge >= 0.3 is 0 Å². The molecule has 2 N–H and O–H groups in total. The molecule has 5 nitrogen and oxygen atoms in total. The SMILES string of the molecule is CN(C)c1nc(-c2ccccc2O)nc2ccc(CO)cc12. The van der Waals surface area contributed by atoms with Gasteiger partial charge < -0.3 is 15.1 Å². The number of anilines is 1. The lowest BCUT2D eigenvalue weighted by molar-refractivity contribution is 0.282. The minimum Gasteiger partial charge on any atom is -0.507 e. The number of phenols is 1. The Balaban J connectivity index is 2.28. The Bertz CT molecular complexity index is 831. The maximum absolute atomic E-state index is 10.0. The predicted molar refractivity (Wildman–Crippen MR) is 86.9 cm³/mol. The number of aliphatic hydroxyl groups is 1. The minimum atomic E-state index is -0.0238. The first-order valence-electron chi connectivity index (χ1n) is 6.97. The monoisotopic (exact) mass is 295 g/mol. The van der Waals surface area contributed by atoms with Crippen LogP contribution in [0.5, 0.6) is 5.75 Å². The molecule has 0 aliphatic carbocycles. The topological polar surface area (TPSA) is 69.5 Å². The van der Waals surface area contributed by atoms with E-state index in [0.29, 0.717) is 11.4 Å². The van der Waals surface area contributed by atoms with Crippen LogP contribution in [-0.4, -0.2) is 34.3 Å². The van der Waals surface area contributed by atoms with Gasteiger partial charge in [-0.05, 0) is 29.8 Å². The van der Waals surface area contributed by atoms with Crippen LogP contribution in [0.15, 0.2) is 42.5 Å². The van der Waals surface area contributed by atoms with Gasteiger partial charge in [0.1, 0.15) is 11.6 Å². The Morgan fingerprint density at radius 1 is 1.05 bits per heavy atom. The van der Waals surface area contributed by atoms with Crippen molar-refractivity contribution >= 4 is 16.7 Å². The lowest BCUT2D eigenvalue weighted by Crippen LogP contribution is -2.12. The second-order valence-corrected chi connectivity index (χ2v) is 5.29. The molecule has 0 amide bonds. The number of para-hydroxylation sites is 1. The molecule has 0 unspecified atom stereocenters. The van der Waals surface area contributed by atoms with E-state index in [-0.39, 0.29) is 12.4 Å². The number of rotatable bonds is 3. The van der Waals surface area contributed by atoms with Crippen molar-refractivity contribution in [2.75, 3.05) is 19.0 Å². The van der Waals surface area contributed by atoms with E-state index in [1.54, 1.807) is 18.2 Å². The molecule has 0 aliphatic rings. The number of aromatic nitrogens is 2. The zero-order valence-electron chi connectivity index (χ0n) is 12.5. The zero-order chi connectivity index (χ0) is 15.7. The van der Waals surface area contributed by atoms with Crippen LogP contribution < -0.4 is 4.90 Å². The third-order valence-electron chi connectivity index (χ3n) is 3.49. The molecule has 1 heterocycles. The highest BCUT2D eigenvalue weighted by atomic mass is 16.3. The van der Waals surface area contributed by atoms with Crippen molar-refractivity contribution in [1.29, 1.82) is 0 Å². The fraction of sp³-hybridized carbons (Fsp3) is 0.176. The first-order valence-corrected chi connectivity index (χ1v) is 6.97. The summed E-state index contributed by atoms with van der Waals surface area (Å²) in [5, 5.41) is 20.2. The number of nitrogens with zero attached hydrogens (tertiary/aromatic N) is 3. The highest BCUT2D eigenvalue weighted by Crippen LogP contribution is 2.31. The van der Waals surface area contributed by atoms with Crippen LogP contribution in [0.2, 0.25) is 0 Å². The zero-order valence-corrected chi connectivity index (χ0v) is 12.5. The summed E-state index contributed by atoms with van der Waals surface area (Å²) in [7, 11) is 3.81. The van der Waals surface area contributed by atoms with E-state index in [0.717, 1.165) is 22.3 Å². The van der Waals surface area contributed by atoms with Gasteiger partial charge in [0.2, 0.25) is 0 Å². The predicted octanol–water partition coefficient (Wildman–Crippen LogP) is 2.56. The summed E-state index contributed by atoms with van der Waals surface area (Å²) in [4.78, 5) is 11.0. The highest BCUT2D eigenvalue weighted by molar-refractivity contribution is 5.91. The molecule has 0 aliphatic heterocycles. The average molecular weight is 295 g/mol. The number of fused-ring (bicyclic) bond motifs is 1. The van der Waals surface area contributed by atoms with Crippen LogP contribution >= 0.6 is 0 Å². The molecular formula is C17H17N3O2. The highest BCUT2D eigenvalue weighted by Gasteiger charge is 2.13. The molecule has 2 aromatic carbocycles. The molecular weight excluding hydrogens is 278 g/mol. The van der Waals surface area contributed by atoms with Crippen molar-refractivity contribution < 1.29 is 10.2 Å². The molecule has 1 aromatic heterocycles. The Morgan fingerprint density at radius 2 is 1.82 bits per heavy atom. The molecule has 0 spiro atoms. The first kappa shape index (κ1) is 14.3. The van der Waals surface area contributed by atoms with Gasteiger partial charge in [0.05, 0.1) is 17.7 Å². The van der Waals surface area contributed by atoms with E-state index in [9.17, 15) is 10.2 Å². The van der Waals surface area contributed by atoms with Gasteiger partial charge in [0, 0.05) is 19.5 Å². The standard InChI is InChI=1S/C17H17N3O2/c1-20(2)17-13-9-11(10-21)7-8-14(13)18-16(19-17)12-5-3-4-6-15(12)22/h3-9,21-22H,10H2,1-2H3. The van der Waals surface area contributed by atoms with Gasteiger partial charge in [0.15, 0.2) is 5.82 Å². The minimum absolute atomic E-state index is 0.0238. The summed E-state index contributed by atoms with van der Waals surface area (Å²) in [6.07, 6.45) is 0. The maximum atomic E-state index is 10.0. The Kier molecular flexibility index (Phi) is 3.65. The summed E-state index contributed by atoms with van der Waals surface area (Å²) >= 11 is 0. The second kappa shape index (κ2) is 5.61.